The highest BCUT2D eigenvalue weighted by atomic mass is 19.4. The predicted molar refractivity (Wildman–Crippen MR) is 84.5 cm³/mol. The molecule has 0 saturated carbocycles. The summed E-state index contributed by atoms with van der Waals surface area (Å²) in [6.07, 6.45) is -2.59. The first kappa shape index (κ1) is 18.7. The van der Waals surface area contributed by atoms with E-state index in [0.717, 1.165) is 12.1 Å². The van der Waals surface area contributed by atoms with Crippen molar-refractivity contribution in [2.75, 3.05) is 20.3 Å². The quantitative estimate of drug-likeness (QED) is 0.593. The van der Waals surface area contributed by atoms with E-state index < -0.39 is 23.4 Å². The molecule has 0 atom stereocenters. The highest BCUT2D eigenvalue weighted by Gasteiger charge is 2.31. The Hall–Kier alpha value is -2.61. The lowest BCUT2D eigenvalue weighted by atomic mass is 10.0. The van der Waals surface area contributed by atoms with Crippen LogP contribution in [-0.2, 0) is 10.9 Å². The van der Waals surface area contributed by atoms with Crippen LogP contribution in [0.3, 0.4) is 0 Å². The van der Waals surface area contributed by atoms with Gasteiger partial charge in [-0.25, -0.2) is 0 Å². The summed E-state index contributed by atoms with van der Waals surface area (Å²) < 4.78 is 43.1. The molecule has 0 saturated heterocycles. The Balaban J connectivity index is 2.09. The van der Waals surface area contributed by atoms with Crippen LogP contribution in [0, 0.1) is 0 Å². The van der Waals surface area contributed by atoms with Crippen molar-refractivity contribution in [3.05, 3.63) is 58.9 Å². The maximum Gasteiger partial charge on any atom is 0.416 e. The first-order valence-electron chi connectivity index (χ1n) is 7.50. The van der Waals surface area contributed by atoms with Gasteiger partial charge >= 0.3 is 6.18 Å². The monoisotopic (exact) mass is 354 g/mol. The molecule has 0 bridgehead atoms. The fourth-order valence-corrected chi connectivity index (χ4v) is 2.17. The molecule has 1 amide bonds. The van der Waals surface area contributed by atoms with Crippen LogP contribution in [0.15, 0.2) is 36.5 Å². The molecule has 0 unspecified atom stereocenters. The molecule has 1 heterocycles. The molecular formula is C17H17F3N2O3. The maximum absolute atomic E-state index is 12.7. The molecule has 0 spiro atoms. The van der Waals surface area contributed by atoms with E-state index in [-0.39, 0.29) is 16.8 Å². The van der Waals surface area contributed by atoms with Gasteiger partial charge in [0.15, 0.2) is 5.78 Å². The number of hydrogen-bond donors (Lipinski definition) is 2. The second kappa shape index (κ2) is 7.98. The lowest BCUT2D eigenvalue weighted by molar-refractivity contribution is -0.137. The molecule has 2 rings (SSSR count). The Morgan fingerprint density at radius 3 is 2.64 bits per heavy atom. The van der Waals surface area contributed by atoms with Crippen molar-refractivity contribution >= 4 is 11.7 Å². The number of aromatic nitrogens is 1. The summed E-state index contributed by atoms with van der Waals surface area (Å²) in [6.45, 7) is 0.910. The van der Waals surface area contributed by atoms with Crippen LogP contribution >= 0.6 is 0 Å². The van der Waals surface area contributed by atoms with Gasteiger partial charge < -0.3 is 15.0 Å². The zero-order chi connectivity index (χ0) is 18.4. The fourth-order valence-electron chi connectivity index (χ4n) is 2.17. The number of nitrogens with one attached hydrogen (secondary N) is 2. The van der Waals surface area contributed by atoms with E-state index in [2.05, 4.69) is 10.3 Å². The average molecular weight is 354 g/mol. The van der Waals surface area contributed by atoms with Gasteiger partial charge in [0.1, 0.15) is 5.69 Å². The lowest BCUT2D eigenvalue weighted by Crippen LogP contribution is -2.25. The van der Waals surface area contributed by atoms with E-state index in [4.69, 9.17) is 4.74 Å². The molecule has 2 aromatic rings. The molecule has 0 aliphatic heterocycles. The number of alkyl halides is 3. The number of ketones is 1. The van der Waals surface area contributed by atoms with Gasteiger partial charge in [-0.15, -0.1) is 0 Å². The number of amides is 1. The van der Waals surface area contributed by atoms with Gasteiger partial charge in [0.25, 0.3) is 5.91 Å². The topological polar surface area (TPSA) is 71.2 Å². The molecule has 1 aromatic heterocycles. The van der Waals surface area contributed by atoms with E-state index in [1.807, 2.05) is 0 Å². The summed E-state index contributed by atoms with van der Waals surface area (Å²) in [4.78, 5) is 26.9. The highest BCUT2D eigenvalue weighted by molar-refractivity contribution is 6.10. The molecule has 1 aromatic carbocycles. The first-order valence-corrected chi connectivity index (χ1v) is 7.50. The molecule has 5 nitrogen and oxygen atoms in total. The number of carbonyl (C=O) groups is 2. The summed E-state index contributed by atoms with van der Waals surface area (Å²) in [5.74, 6) is -1.00. The van der Waals surface area contributed by atoms with Crippen molar-refractivity contribution in [2.45, 2.75) is 12.6 Å². The normalized spacial score (nSPS) is 11.4. The third-order valence-corrected chi connectivity index (χ3v) is 3.45. The van der Waals surface area contributed by atoms with E-state index in [1.165, 1.54) is 24.4 Å². The van der Waals surface area contributed by atoms with Crippen molar-refractivity contribution in [1.29, 1.82) is 0 Å². The van der Waals surface area contributed by atoms with E-state index >= 15 is 0 Å². The molecule has 134 valence electrons. The van der Waals surface area contributed by atoms with Crippen molar-refractivity contribution in [3.63, 3.8) is 0 Å². The molecule has 25 heavy (non-hydrogen) atoms. The van der Waals surface area contributed by atoms with Crippen molar-refractivity contribution in [3.8, 4) is 0 Å². The van der Waals surface area contributed by atoms with Crippen LogP contribution in [0.4, 0.5) is 13.2 Å². The Bertz CT molecular complexity index is 754. The van der Waals surface area contributed by atoms with Crippen LogP contribution < -0.4 is 5.32 Å². The average Bonchev–Trinajstić information content (AvgIpc) is 3.07. The molecule has 8 heteroatoms. The summed E-state index contributed by atoms with van der Waals surface area (Å²) in [5.41, 5.74) is -0.722. The first-order chi connectivity index (χ1) is 11.8. The lowest BCUT2D eigenvalue weighted by Gasteiger charge is -2.07. The van der Waals surface area contributed by atoms with Crippen molar-refractivity contribution < 1.29 is 27.5 Å². The van der Waals surface area contributed by atoms with Gasteiger partial charge in [0.05, 0.1) is 5.56 Å². The van der Waals surface area contributed by atoms with Crippen LogP contribution in [0.1, 0.15) is 38.4 Å². The SMILES string of the molecule is COCCCNC(=O)c1cc(C(=O)c2cccc(C(F)(F)F)c2)c[nH]1. The second-order valence-electron chi connectivity index (χ2n) is 5.31. The van der Waals surface area contributed by atoms with Crippen LogP contribution in [0.25, 0.3) is 0 Å². The van der Waals surface area contributed by atoms with Gasteiger partial charge in [0.2, 0.25) is 0 Å². The molecule has 0 radical (unpaired) electrons. The number of hydrogen-bond acceptors (Lipinski definition) is 3. The number of methoxy groups -OCH3 is 1. The zero-order valence-corrected chi connectivity index (χ0v) is 13.4. The van der Waals surface area contributed by atoms with E-state index in [1.54, 1.807) is 7.11 Å². The maximum atomic E-state index is 12.7. The number of ether oxygens (including phenoxy) is 1. The van der Waals surface area contributed by atoms with Crippen LogP contribution in [0.5, 0.6) is 0 Å². The molecular weight excluding hydrogens is 337 g/mol. The molecule has 0 fully saturated rings. The summed E-state index contributed by atoms with van der Waals surface area (Å²) in [7, 11) is 1.55. The second-order valence-corrected chi connectivity index (χ2v) is 5.31. The molecule has 0 aliphatic rings. The van der Waals surface area contributed by atoms with Crippen LogP contribution in [-0.4, -0.2) is 36.9 Å². The Morgan fingerprint density at radius 2 is 1.96 bits per heavy atom. The molecule has 0 aliphatic carbocycles. The Morgan fingerprint density at radius 1 is 1.20 bits per heavy atom. The van der Waals surface area contributed by atoms with Crippen molar-refractivity contribution in [2.24, 2.45) is 0 Å². The van der Waals surface area contributed by atoms with Gasteiger partial charge in [-0.1, -0.05) is 12.1 Å². The van der Waals surface area contributed by atoms with Crippen molar-refractivity contribution in [1.82, 2.24) is 10.3 Å². The minimum Gasteiger partial charge on any atom is -0.385 e. The minimum absolute atomic E-state index is 0.0964. The highest BCUT2D eigenvalue weighted by Crippen LogP contribution is 2.30. The van der Waals surface area contributed by atoms with Gasteiger partial charge in [-0.05, 0) is 24.6 Å². The number of rotatable bonds is 7. The summed E-state index contributed by atoms with van der Waals surface area (Å²) in [5, 5.41) is 2.64. The largest absolute Gasteiger partial charge is 0.416 e. The number of H-pyrrole nitrogens is 1. The van der Waals surface area contributed by atoms with Gasteiger partial charge in [-0.3, -0.25) is 9.59 Å². The number of benzene rings is 1. The summed E-state index contributed by atoms with van der Waals surface area (Å²) in [6, 6.07) is 5.47. The third-order valence-electron chi connectivity index (χ3n) is 3.45. The number of carbonyl (C=O) groups excluding carboxylic acids is 2. The van der Waals surface area contributed by atoms with Crippen LogP contribution in [0.2, 0.25) is 0 Å². The number of aromatic amines is 1. The third kappa shape index (κ3) is 4.93. The van der Waals surface area contributed by atoms with E-state index in [0.29, 0.717) is 19.6 Å². The number of halogens is 3. The predicted octanol–water partition coefficient (Wildman–Crippen LogP) is 3.03. The Kier molecular flexibility index (Phi) is 5.97. The van der Waals surface area contributed by atoms with Gasteiger partial charge in [-0.2, -0.15) is 13.2 Å². The smallest absolute Gasteiger partial charge is 0.385 e. The van der Waals surface area contributed by atoms with Gasteiger partial charge in [0, 0.05) is 37.6 Å². The van der Waals surface area contributed by atoms with E-state index in [9.17, 15) is 22.8 Å². The summed E-state index contributed by atoms with van der Waals surface area (Å²) >= 11 is 0. The zero-order valence-electron chi connectivity index (χ0n) is 13.4. The fraction of sp³-hybridized carbons (Fsp3) is 0.294. The Labute approximate surface area is 142 Å². The standard InChI is InChI=1S/C17H17F3N2O3/c1-25-7-3-6-21-16(24)14-9-12(10-22-14)15(23)11-4-2-5-13(8-11)17(18,19)20/h2,4-5,8-10,22H,3,6-7H2,1H3,(H,21,24). The minimum atomic E-state index is -4.53. The molecule has 2 N–H and O–H groups in total.